The van der Waals surface area contributed by atoms with Crippen molar-refractivity contribution in [3.8, 4) is 6.07 Å². The van der Waals surface area contributed by atoms with E-state index in [1.165, 1.54) is 6.20 Å². The van der Waals surface area contributed by atoms with E-state index in [2.05, 4.69) is 10.9 Å². The predicted octanol–water partition coefficient (Wildman–Crippen LogP) is 0.441. The van der Waals surface area contributed by atoms with E-state index in [4.69, 9.17) is 11.1 Å². The van der Waals surface area contributed by atoms with Gasteiger partial charge in [-0.1, -0.05) is 4.85 Å². The fourth-order valence-corrected chi connectivity index (χ4v) is 0.247. The summed E-state index contributed by atoms with van der Waals surface area (Å²) in [5.74, 6) is 0. The Morgan fingerprint density at radius 3 is 2.62 bits per heavy atom. The van der Waals surface area contributed by atoms with E-state index in [0.29, 0.717) is 5.57 Å². The first-order valence-electron chi connectivity index (χ1n) is 2.12. The highest BCUT2D eigenvalue weighted by molar-refractivity contribution is 5.81. The van der Waals surface area contributed by atoms with Gasteiger partial charge in [0.25, 0.3) is 7.05 Å². The number of hydrogen-bond acceptors (Lipinski definition) is 2. The summed E-state index contributed by atoms with van der Waals surface area (Å²) in [6.07, 6.45) is 2.37. The van der Waals surface area contributed by atoms with E-state index < -0.39 is 0 Å². The summed E-state index contributed by atoms with van der Waals surface area (Å²) in [6.45, 7) is 0. The zero-order valence-corrected chi connectivity index (χ0v) is 4.68. The van der Waals surface area contributed by atoms with Crippen LogP contribution in [0.5, 0.6) is 0 Å². The zero-order chi connectivity index (χ0) is 6.41. The molecule has 0 saturated carbocycles. The quantitative estimate of drug-likeness (QED) is 0.373. The second-order valence-corrected chi connectivity index (χ2v) is 1.10. The van der Waals surface area contributed by atoms with E-state index in [-0.39, 0.29) is 0 Å². The van der Waals surface area contributed by atoms with Crippen molar-refractivity contribution in [2.24, 2.45) is 5.73 Å². The summed E-state index contributed by atoms with van der Waals surface area (Å²) in [5, 5.41) is 6.67. The van der Waals surface area contributed by atoms with Crippen LogP contribution in [0.3, 0.4) is 0 Å². The third-order valence-corrected chi connectivity index (χ3v) is 0.576. The molecule has 0 aliphatic carbocycles. The molecule has 0 atom stereocenters. The molecule has 3 nitrogen and oxygen atoms in total. The molecule has 0 heterocycles. The van der Waals surface area contributed by atoms with E-state index in [0.717, 1.165) is 6.21 Å². The van der Waals surface area contributed by atoms with E-state index in [9.17, 15) is 0 Å². The van der Waals surface area contributed by atoms with Crippen LogP contribution in [0.2, 0.25) is 0 Å². The number of nitrogens with two attached hydrogens (primary N) is 1. The molecule has 0 amide bonds. The van der Waals surface area contributed by atoms with Crippen LogP contribution in [0.15, 0.2) is 11.8 Å². The summed E-state index contributed by atoms with van der Waals surface area (Å²) in [4.78, 5) is 3.53. The van der Waals surface area contributed by atoms with Crippen LogP contribution < -0.4 is 5.73 Å². The Morgan fingerprint density at radius 1 is 1.88 bits per heavy atom. The Balaban J connectivity index is 4.06. The van der Waals surface area contributed by atoms with Crippen molar-refractivity contribution in [2.45, 2.75) is 0 Å². The molecule has 0 aliphatic rings. The first-order chi connectivity index (χ1) is 3.85. The molecule has 0 bridgehead atoms. The summed E-state index contributed by atoms with van der Waals surface area (Å²) < 4.78 is 0. The maximum atomic E-state index is 6.67. The summed E-state index contributed by atoms with van der Waals surface area (Å²) >= 11 is 0. The minimum Gasteiger partial charge on any atom is -0.403 e. The van der Waals surface area contributed by atoms with Gasteiger partial charge in [0, 0.05) is 12.4 Å². The average Bonchev–Trinajstić information content (AvgIpc) is 1.83. The Bertz CT molecular complexity index is 158. The van der Waals surface area contributed by atoms with E-state index in [1.54, 1.807) is 7.05 Å². The highest BCUT2D eigenvalue weighted by Crippen LogP contribution is 1.80. The molecule has 0 aromatic carbocycles. The summed E-state index contributed by atoms with van der Waals surface area (Å²) in [7, 11) is 1.58. The Morgan fingerprint density at radius 2 is 2.50 bits per heavy atom. The zero-order valence-electron chi connectivity index (χ0n) is 4.68. The number of allylic oxidation sites excluding steroid dienone is 1. The molecule has 3 heteroatoms. The van der Waals surface area contributed by atoms with Gasteiger partial charge >= 0.3 is 6.07 Å². The van der Waals surface area contributed by atoms with Crippen LogP contribution in [-0.2, 0) is 0 Å². The maximum Gasteiger partial charge on any atom is 0.313 e. The summed E-state index contributed by atoms with van der Waals surface area (Å²) in [6, 6.07) is 2.50. The molecule has 0 unspecified atom stereocenters. The molecular formula is C5H8N3+. The summed E-state index contributed by atoms with van der Waals surface area (Å²) in [5.41, 5.74) is 5.53. The molecular weight excluding hydrogens is 102 g/mol. The lowest BCUT2D eigenvalue weighted by Crippen LogP contribution is -1.85. The smallest absolute Gasteiger partial charge is 0.313 e. The number of rotatable bonds is 1. The van der Waals surface area contributed by atoms with Gasteiger partial charge in [0.15, 0.2) is 0 Å². The fourth-order valence-electron chi connectivity index (χ4n) is 0.247. The van der Waals surface area contributed by atoms with Gasteiger partial charge in [-0.05, 0) is 0 Å². The monoisotopic (exact) mass is 110 g/mol. The second kappa shape index (κ2) is 3.88. The van der Waals surface area contributed by atoms with Crippen LogP contribution in [0.25, 0.3) is 4.85 Å². The van der Waals surface area contributed by atoms with Gasteiger partial charge in [-0.2, -0.15) is 0 Å². The molecule has 42 valence electrons. The molecule has 0 rings (SSSR count). The predicted molar refractivity (Wildman–Crippen MR) is 34.2 cm³/mol. The lowest BCUT2D eigenvalue weighted by molar-refractivity contribution is 1.52. The molecule has 0 radical (unpaired) electrons. The van der Waals surface area contributed by atoms with Crippen LogP contribution in [0.1, 0.15) is 0 Å². The van der Waals surface area contributed by atoms with E-state index in [1.807, 2.05) is 0 Å². The minimum atomic E-state index is 0.493. The van der Waals surface area contributed by atoms with Crippen LogP contribution >= 0.6 is 0 Å². The van der Waals surface area contributed by atoms with Gasteiger partial charge in [-0.25, -0.2) is 0 Å². The molecule has 3 N–H and O–H groups in total. The van der Waals surface area contributed by atoms with Crippen molar-refractivity contribution in [2.75, 3.05) is 7.05 Å². The maximum absolute atomic E-state index is 6.67. The lowest BCUT2D eigenvalue weighted by atomic mass is 10.4. The fraction of sp³-hybridized carbons (Fsp3) is 0.200. The highest BCUT2D eigenvalue weighted by atomic mass is 14.6. The first kappa shape index (κ1) is 6.70. The van der Waals surface area contributed by atoms with Crippen molar-refractivity contribution < 1.29 is 0 Å². The van der Waals surface area contributed by atoms with Crippen LogP contribution in [-0.4, -0.2) is 13.3 Å². The van der Waals surface area contributed by atoms with Gasteiger partial charge in [-0.3, -0.25) is 0 Å². The molecule has 0 spiro atoms. The number of hydrogen-bond donors (Lipinski definition) is 2. The number of nitrogens with zero attached hydrogens (tertiary/aromatic N) is 1. The molecule has 8 heavy (non-hydrogen) atoms. The Labute approximate surface area is 48.1 Å². The van der Waals surface area contributed by atoms with Gasteiger partial charge in [0.2, 0.25) is 0 Å². The molecule has 0 aromatic heterocycles. The van der Waals surface area contributed by atoms with Crippen molar-refractivity contribution in [1.82, 2.24) is 0 Å². The van der Waals surface area contributed by atoms with Gasteiger partial charge < -0.3 is 11.1 Å². The third kappa shape index (κ3) is 1.98. The Hall–Kier alpha value is -1.30. The topological polar surface area (TPSA) is 54.2 Å². The normalized spacial score (nSPS) is 9.38. The lowest BCUT2D eigenvalue weighted by Gasteiger charge is -1.70. The minimum absolute atomic E-state index is 0.493. The number of nitrogens with one attached hydrogen (secondary N) is 1. The van der Waals surface area contributed by atoms with E-state index >= 15 is 0 Å². The van der Waals surface area contributed by atoms with Gasteiger partial charge in [0.05, 0.1) is 0 Å². The molecule has 0 aromatic rings. The standard InChI is InChI=1S/C5H7N3/c1-8-4-5(2-6)3-7/h2-3,6-7H,1H3/p+1. The second-order valence-electron chi connectivity index (χ2n) is 1.10. The largest absolute Gasteiger partial charge is 0.403 e. The van der Waals surface area contributed by atoms with Crippen LogP contribution in [0, 0.1) is 11.5 Å². The molecule has 0 aliphatic heterocycles. The van der Waals surface area contributed by atoms with Crippen molar-refractivity contribution >= 4 is 6.21 Å². The van der Waals surface area contributed by atoms with Crippen molar-refractivity contribution in [3.63, 3.8) is 0 Å². The molecule has 0 saturated heterocycles. The van der Waals surface area contributed by atoms with Gasteiger partial charge in [-0.15, -0.1) is 0 Å². The SMILES string of the molecule is C[N+]#C/C(C=N)=C/N. The first-order valence-corrected chi connectivity index (χ1v) is 2.12. The van der Waals surface area contributed by atoms with Crippen molar-refractivity contribution in [3.05, 3.63) is 16.6 Å². The van der Waals surface area contributed by atoms with Gasteiger partial charge in [0.1, 0.15) is 5.57 Å². The average molecular weight is 110 g/mol. The highest BCUT2D eigenvalue weighted by Gasteiger charge is 1.88. The molecule has 0 fully saturated rings. The Kier molecular flexibility index (Phi) is 3.25. The van der Waals surface area contributed by atoms with Crippen molar-refractivity contribution in [1.29, 1.82) is 5.41 Å². The third-order valence-electron chi connectivity index (χ3n) is 0.576. The van der Waals surface area contributed by atoms with Crippen LogP contribution in [0.4, 0.5) is 0 Å².